The highest BCUT2D eigenvalue weighted by molar-refractivity contribution is 7.88. The van der Waals surface area contributed by atoms with Gasteiger partial charge in [0.25, 0.3) is 0 Å². The van der Waals surface area contributed by atoms with Gasteiger partial charge < -0.3 is 10.4 Å². The van der Waals surface area contributed by atoms with E-state index in [4.69, 9.17) is 5.11 Å². The number of hydrogen-bond donors (Lipinski definition) is 2. The summed E-state index contributed by atoms with van der Waals surface area (Å²) in [5, 5.41) is 12.0. The Morgan fingerprint density at radius 3 is 2.44 bits per heavy atom. The van der Waals surface area contributed by atoms with Crippen LogP contribution in [0.5, 0.6) is 0 Å². The zero-order valence-electron chi connectivity index (χ0n) is 9.85. The molecule has 0 saturated carbocycles. The average Bonchev–Trinajstić information content (AvgIpc) is 2.24. The van der Waals surface area contributed by atoms with Crippen molar-refractivity contribution in [2.75, 3.05) is 32.5 Å². The van der Waals surface area contributed by atoms with Gasteiger partial charge in [0.1, 0.15) is 0 Å². The maximum atomic E-state index is 11.3. The van der Waals surface area contributed by atoms with E-state index in [0.29, 0.717) is 19.1 Å². The van der Waals surface area contributed by atoms with Gasteiger partial charge in [0.05, 0.1) is 6.26 Å². The Morgan fingerprint density at radius 2 is 1.94 bits per heavy atom. The smallest absolute Gasteiger partial charge is 0.211 e. The molecular weight excluding hydrogens is 228 g/mol. The van der Waals surface area contributed by atoms with Crippen LogP contribution >= 0.6 is 0 Å². The van der Waals surface area contributed by atoms with Gasteiger partial charge in [0.15, 0.2) is 0 Å². The van der Waals surface area contributed by atoms with Gasteiger partial charge >= 0.3 is 0 Å². The van der Waals surface area contributed by atoms with Crippen molar-refractivity contribution in [2.24, 2.45) is 0 Å². The average molecular weight is 250 g/mol. The molecule has 0 aliphatic carbocycles. The highest BCUT2D eigenvalue weighted by Gasteiger charge is 2.24. The zero-order valence-corrected chi connectivity index (χ0v) is 10.7. The quantitative estimate of drug-likeness (QED) is 0.639. The molecular formula is C10H22N2O3S. The third kappa shape index (κ3) is 4.78. The highest BCUT2D eigenvalue weighted by Crippen LogP contribution is 2.12. The Kier molecular flexibility index (Phi) is 5.68. The van der Waals surface area contributed by atoms with Crippen LogP contribution < -0.4 is 5.32 Å². The number of nitrogens with one attached hydrogen (secondary N) is 1. The van der Waals surface area contributed by atoms with Crippen LogP contribution in [0.1, 0.15) is 25.7 Å². The molecule has 96 valence electrons. The van der Waals surface area contributed by atoms with Crippen LogP contribution in [0.4, 0.5) is 0 Å². The molecule has 0 atom stereocenters. The van der Waals surface area contributed by atoms with Crippen molar-refractivity contribution in [3.63, 3.8) is 0 Å². The minimum Gasteiger partial charge on any atom is -0.396 e. The molecule has 0 aromatic rings. The van der Waals surface area contributed by atoms with E-state index in [1.807, 2.05) is 0 Å². The van der Waals surface area contributed by atoms with Crippen molar-refractivity contribution in [2.45, 2.75) is 31.7 Å². The van der Waals surface area contributed by atoms with Crippen molar-refractivity contribution in [1.82, 2.24) is 9.62 Å². The first-order valence-corrected chi connectivity index (χ1v) is 7.68. The minimum atomic E-state index is -3.01. The minimum absolute atomic E-state index is 0.244. The van der Waals surface area contributed by atoms with E-state index in [1.54, 1.807) is 4.31 Å². The van der Waals surface area contributed by atoms with Crippen molar-refractivity contribution >= 4 is 10.0 Å². The topological polar surface area (TPSA) is 69.6 Å². The Labute approximate surface area is 97.9 Å². The third-order valence-electron chi connectivity index (χ3n) is 2.94. The third-order valence-corrected chi connectivity index (χ3v) is 4.24. The summed E-state index contributed by atoms with van der Waals surface area (Å²) >= 11 is 0. The van der Waals surface area contributed by atoms with Crippen LogP contribution in [0, 0.1) is 0 Å². The van der Waals surface area contributed by atoms with Crippen molar-refractivity contribution in [3.05, 3.63) is 0 Å². The molecule has 2 N–H and O–H groups in total. The first-order valence-electron chi connectivity index (χ1n) is 5.83. The Morgan fingerprint density at radius 1 is 1.31 bits per heavy atom. The fourth-order valence-electron chi connectivity index (χ4n) is 1.93. The zero-order chi connectivity index (χ0) is 12.0. The molecule has 1 heterocycles. The highest BCUT2D eigenvalue weighted by atomic mass is 32.2. The molecule has 0 aromatic carbocycles. The van der Waals surface area contributed by atoms with Crippen LogP contribution in [0.25, 0.3) is 0 Å². The number of rotatable bonds is 6. The van der Waals surface area contributed by atoms with Gasteiger partial charge in [-0.1, -0.05) is 0 Å². The second-order valence-corrected chi connectivity index (χ2v) is 6.30. The summed E-state index contributed by atoms with van der Waals surface area (Å²) < 4.78 is 24.1. The molecule has 1 fully saturated rings. The number of nitrogens with zero attached hydrogens (tertiary/aromatic N) is 1. The first-order chi connectivity index (χ1) is 7.54. The molecule has 1 rings (SSSR count). The first kappa shape index (κ1) is 13.9. The predicted molar refractivity (Wildman–Crippen MR) is 63.8 cm³/mol. The fraction of sp³-hybridized carbons (Fsp3) is 1.00. The molecule has 0 unspecified atom stereocenters. The molecule has 0 bridgehead atoms. The van der Waals surface area contributed by atoms with Gasteiger partial charge in [-0.2, -0.15) is 0 Å². The van der Waals surface area contributed by atoms with Crippen molar-refractivity contribution < 1.29 is 13.5 Å². The normalized spacial score (nSPS) is 20.1. The maximum absolute atomic E-state index is 11.3. The summed E-state index contributed by atoms with van der Waals surface area (Å²) in [4.78, 5) is 0. The summed E-state index contributed by atoms with van der Waals surface area (Å²) in [7, 11) is -3.01. The lowest BCUT2D eigenvalue weighted by atomic mass is 10.1. The number of piperidine rings is 1. The molecule has 0 amide bonds. The SMILES string of the molecule is CS(=O)(=O)N1CCC(NCCCCO)CC1. The summed E-state index contributed by atoms with van der Waals surface area (Å²) in [6, 6.07) is 0.427. The molecule has 0 radical (unpaired) electrons. The molecule has 6 heteroatoms. The van der Waals surface area contributed by atoms with Crippen molar-refractivity contribution in [1.29, 1.82) is 0 Å². The number of hydrogen-bond acceptors (Lipinski definition) is 4. The summed E-state index contributed by atoms with van der Waals surface area (Å²) in [5.74, 6) is 0. The molecule has 16 heavy (non-hydrogen) atoms. The lowest BCUT2D eigenvalue weighted by molar-refractivity contribution is 0.271. The van der Waals surface area contributed by atoms with Gasteiger partial charge in [-0.05, 0) is 32.2 Å². The lowest BCUT2D eigenvalue weighted by Gasteiger charge is -2.30. The van der Waals surface area contributed by atoms with E-state index < -0.39 is 10.0 Å². The van der Waals surface area contributed by atoms with E-state index in [9.17, 15) is 8.42 Å². The number of unbranched alkanes of at least 4 members (excludes halogenated alkanes) is 1. The van der Waals surface area contributed by atoms with Gasteiger partial charge in [-0.3, -0.25) is 0 Å². The van der Waals surface area contributed by atoms with Crippen LogP contribution in [0.2, 0.25) is 0 Å². The van der Waals surface area contributed by atoms with E-state index >= 15 is 0 Å². The second-order valence-electron chi connectivity index (χ2n) is 4.32. The molecule has 1 aliphatic rings. The number of aliphatic hydroxyl groups is 1. The van der Waals surface area contributed by atoms with Gasteiger partial charge in [-0.25, -0.2) is 12.7 Å². The van der Waals surface area contributed by atoms with Crippen LogP contribution in [0.15, 0.2) is 0 Å². The predicted octanol–water partition coefficient (Wildman–Crippen LogP) is -0.227. The van der Waals surface area contributed by atoms with Gasteiger partial charge in [-0.15, -0.1) is 0 Å². The van der Waals surface area contributed by atoms with Crippen LogP contribution in [0.3, 0.4) is 0 Å². The molecule has 0 aromatic heterocycles. The molecule has 0 spiro atoms. The monoisotopic (exact) mass is 250 g/mol. The van der Waals surface area contributed by atoms with E-state index in [-0.39, 0.29) is 6.61 Å². The number of sulfonamides is 1. The Balaban J connectivity index is 2.17. The number of aliphatic hydroxyl groups excluding tert-OH is 1. The van der Waals surface area contributed by atoms with Gasteiger partial charge in [0.2, 0.25) is 10.0 Å². The van der Waals surface area contributed by atoms with Crippen LogP contribution in [-0.2, 0) is 10.0 Å². The van der Waals surface area contributed by atoms with E-state index in [0.717, 1.165) is 32.2 Å². The van der Waals surface area contributed by atoms with Crippen molar-refractivity contribution in [3.8, 4) is 0 Å². The summed E-state index contributed by atoms with van der Waals surface area (Å²) in [5.41, 5.74) is 0. The Bertz CT molecular complexity index is 284. The van der Waals surface area contributed by atoms with Gasteiger partial charge in [0, 0.05) is 25.7 Å². The Hall–Kier alpha value is -0.170. The van der Waals surface area contributed by atoms with E-state index in [1.165, 1.54) is 6.26 Å². The second kappa shape index (κ2) is 6.54. The molecule has 1 aliphatic heterocycles. The maximum Gasteiger partial charge on any atom is 0.211 e. The summed E-state index contributed by atoms with van der Waals surface area (Å²) in [6.07, 6.45) is 4.83. The largest absolute Gasteiger partial charge is 0.396 e. The molecule has 5 nitrogen and oxygen atoms in total. The summed E-state index contributed by atoms with van der Waals surface area (Å²) in [6.45, 7) is 2.39. The fourth-order valence-corrected chi connectivity index (χ4v) is 2.81. The standard InChI is InChI=1S/C10H22N2O3S/c1-16(14,15)12-7-4-10(5-8-12)11-6-2-3-9-13/h10-11,13H,2-9H2,1H3. The lowest BCUT2D eigenvalue weighted by Crippen LogP contribution is -2.44. The van der Waals surface area contributed by atoms with Crippen LogP contribution in [-0.4, -0.2) is 56.4 Å². The molecule has 1 saturated heterocycles. The van der Waals surface area contributed by atoms with E-state index in [2.05, 4.69) is 5.32 Å².